The Morgan fingerprint density at radius 3 is 3.00 bits per heavy atom. The summed E-state index contributed by atoms with van der Waals surface area (Å²) >= 11 is 9.72. The van der Waals surface area contributed by atoms with E-state index in [0.717, 1.165) is 35.0 Å². The largest absolute Gasteiger partial charge is 0.388 e. The van der Waals surface area contributed by atoms with Gasteiger partial charge in [0.05, 0.1) is 11.1 Å². The number of hydrogen-bond acceptors (Lipinski definition) is 2. The molecule has 0 radical (unpaired) electrons. The maximum Gasteiger partial charge on any atom is 0.0888 e. The molecule has 1 aromatic carbocycles. The highest BCUT2D eigenvalue weighted by Gasteiger charge is 2.30. The molecule has 2 nitrogen and oxygen atoms in total. The summed E-state index contributed by atoms with van der Waals surface area (Å²) in [6.07, 6.45) is 4.24. The monoisotopic (exact) mass is 351 g/mol. The van der Waals surface area contributed by atoms with Gasteiger partial charge in [-0.15, -0.1) is 0 Å². The lowest BCUT2D eigenvalue weighted by Crippen LogP contribution is -2.19. The molecule has 1 N–H and O–H groups in total. The van der Waals surface area contributed by atoms with Crippen LogP contribution in [0, 0.1) is 0 Å². The van der Waals surface area contributed by atoms with E-state index < -0.39 is 6.10 Å². The lowest BCUT2D eigenvalue weighted by Gasteiger charge is -2.29. The molecule has 0 aliphatic heterocycles. The van der Waals surface area contributed by atoms with Gasteiger partial charge in [-0.25, -0.2) is 0 Å². The first-order valence-electron chi connectivity index (χ1n) is 6.74. The summed E-state index contributed by atoms with van der Waals surface area (Å²) in [5, 5.41) is 11.3. The standard InChI is InChI=1S/C16H15BrClNO/c17-13-8-2-6-11(14(13)18)16(20)12-7-1-4-10-5-3-9-19-15(10)12/h2-3,5-6,8-9,12,16,20H,1,4,7H2. The molecule has 4 heteroatoms. The summed E-state index contributed by atoms with van der Waals surface area (Å²) in [7, 11) is 0. The van der Waals surface area contributed by atoms with Crippen LogP contribution in [0.25, 0.3) is 0 Å². The molecule has 0 bridgehead atoms. The Morgan fingerprint density at radius 1 is 1.30 bits per heavy atom. The summed E-state index contributed by atoms with van der Waals surface area (Å²) in [4.78, 5) is 4.48. The summed E-state index contributed by atoms with van der Waals surface area (Å²) < 4.78 is 0.813. The first kappa shape index (κ1) is 14.1. The van der Waals surface area contributed by atoms with Crippen LogP contribution in [0.5, 0.6) is 0 Å². The summed E-state index contributed by atoms with van der Waals surface area (Å²) in [6.45, 7) is 0. The molecule has 0 saturated heterocycles. The highest BCUT2D eigenvalue weighted by atomic mass is 79.9. The molecule has 2 atom stereocenters. The molecule has 1 aliphatic carbocycles. The van der Waals surface area contributed by atoms with Crippen molar-refractivity contribution in [3.8, 4) is 0 Å². The van der Waals surface area contributed by atoms with Crippen molar-refractivity contribution in [1.82, 2.24) is 4.98 Å². The van der Waals surface area contributed by atoms with Crippen LogP contribution in [0.2, 0.25) is 5.02 Å². The molecule has 3 rings (SSSR count). The van der Waals surface area contributed by atoms with Gasteiger partial charge in [-0.05, 0) is 52.9 Å². The predicted molar refractivity (Wildman–Crippen MR) is 84.0 cm³/mol. The van der Waals surface area contributed by atoms with Crippen molar-refractivity contribution in [3.05, 3.63) is 62.8 Å². The molecule has 0 fully saturated rings. The van der Waals surface area contributed by atoms with Gasteiger partial charge in [-0.1, -0.05) is 29.8 Å². The number of benzene rings is 1. The zero-order chi connectivity index (χ0) is 14.1. The molecule has 1 aliphatic rings. The smallest absolute Gasteiger partial charge is 0.0888 e. The van der Waals surface area contributed by atoms with Crippen LogP contribution in [0.15, 0.2) is 41.0 Å². The van der Waals surface area contributed by atoms with E-state index in [1.165, 1.54) is 5.56 Å². The number of aromatic nitrogens is 1. The van der Waals surface area contributed by atoms with E-state index in [0.29, 0.717) is 5.02 Å². The quantitative estimate of drug-likeness (QED) is 0.853. The van der Waals surface area contributed by atoms with Crippen molar-refractivity contribution >= 4 is 27.5 Å². The molecule has 0 spiro atoms. The van der Waals surface area contributed by atoms with Gasteiger partial charge in [-0.2, -0.15) is 0 Å². The van der Waals surface area contributed by atoms with Crippen molar-refractivity contribution in [3.63, 3.8) is 0 Å². The molecule has 2 aromatic rings. The van der Waals surface area contributed by atoms with Gasteiger partial charge in [-0.3, -0.25) is 4.98 Å². The van der Waals surface area contributed by atoms with Crippen LogP contribution >= 0.6 is 27.5 Å². The normalized spacial score (nSPS) is 19.4. The summed E-state index contributed by atoms with van der Waals surface area (Å²) in [5.41, 5.74) is 3.03. The number of nitrogens with zero attached hydrogens (tertiary/aromatic N) is 1. The molecule has 104 valence electrons. The third-order valence-electron chi connectivity index (χ3n) is 3.92. The van der Waals surface area contributed by atoms with Gasteiger partial charge in [0.2, 0.25) is 0 Å². The first-order chi connectivity index (χ1) is 9.68. The molecule has 20 heavy (non-hydrogen) atoms. The van der Waals surface area contributed by atoms with Crippen molar-refractivity contribution < 1.29 is 5.11 Å². The fourth-order valence-corrected chi connectivity index (χ4v) is 3.54. The number of halogens is 2. The Morgan fingerprint density at radius 2 is 2.15 bits per heavy atom. The molecule has 1 aromatic heterocycles. The zero-order valence-electron chi connectivity index (χ0n) is 10.9. The van der Waals surface area contributed by atoms with E-state index in [4.69, 9.17) is 11.6 Å². The van der Waals surface area contributed by atoms with Crippen LogP contribution in [-0.4, -0.2) is 10.1 Å². The topological polar surface area (TPSA) is 33.1 Å². The highest BCUT2D eigenvalue weighted by molar-refractivity contribution is 9.10. The van der Waals surface area contributed by atoms with Crippen molar-refractivity contribution in [2.75, 3.05) is 0 Å². The van der Waals surface area contributed by atoms with Crippen LogP contribution in [-0.2, 0) is 6.42 Å². The Kier molecular flexibility index (Phi) is 4.11. The van der Waals surface area contributed by atoms with E-state index in [9.17, 15) is 5.11 Å². The van der Waals surface area contributed by atoms with E-state index in [-0.39, 0.29) is 5.92 Å². The minimum absolute atomic E-state index is 0.0201. The van der Waals surface area contributed by atoms with Crippen LogP contribution in [0.3, 0.4) is 0 Å². The van der Waals surface area contributed by atoms with Gasteiger partial charge in [0.25, 0.3) is 0 Å². The first-order valence-corrected chi connectivity index (χ1v) is 7.91. The third-order valence-corrected chi connectivity index (χ3v) is 5.23. The molecular weight excluding hydrogens is 338 g/mol. The van der Waals surface area contributed by atoms with Gasteiger partial charge in [0, 0.05) is 27.8 Å². The lowest BCUT2D eigenvalue weighted by molar-refractivity contribution is 0.134. The molecule has 0 saturated carbocycles. The fraction of sp³-hybridized carbons (Fsp3) is 0.312. The average Bonchev–Trinajstić information content (AvgIpc) is 2.49. The predicted octanol–water partition coefficient (Wildman–Crippen LogP) is 4.65. The lowest BCUT2D eigenvalue weighted by atomic mass is 9.81. The molecule has 1 heterocycles. The van der Waals surface area contributed by atoms with E-state index >= 15 is 0 Å². The van der Waals surface area contributed by atoms with Gasteiger partial charge >= 0.3 is 0 Å². The van der Waals surface area contributed by atoms with E-state index in [1.807, 2.05) is 24.3 Å². The van der Waals surface area contributed by atoms with Crippen molar-refractivity contribution in [2.45, 2.75) is 31.3 Å². The van der Waals surface area contributed by atoms with Crippen molar-refractivity contribution in [1.29, 1.82) is 0 Å². The van der Waals surface area contributed by atoms with E-state index in [1.54, 1.807) is 6.20 Å². The second-order valence-corrected chi connectivity index (χ2v) is 6.37. The number of fused-ring (bicyclic) bond motifs is 1. The van der Waals surface area contributed by atoms with Gasteiger partial charge < -0.3 is 5.11 Å². The van der Waals surface area contributed by atoms with Crippen molar-refractivity contribution in [2.24, 2.45) is 0 Å². The number of aliphatic hydroxyl groups excluding tert-OH is 1. The maximum atomic E-state index is 10.8. The van der Waals surface area contributed by atoms with Crippen LogP contribution in [0.1, 0.15) is 41.7 Å². The number of pyridine rings is 1. The molecule has 0 amide bonds. The molecular formula is C16H15BrClNO. The van der Waals surface area contributed by atoms with Crippen LogP contribution in [0.4, 0.5) is 0 Å². The maximum absolute atomic E-state index is 10.8. The average molecular weight is 353 g/mol. The molecule has 2 unspecified atom stereocenters. The number of hydrogen-bond donors (Lipinski definition) is 1. The SMILES string of the molecule is OC(c1cccc(Br)c1Cl)C1CCCc2cccnc21. The Hall–Kier alpha value is -0.900. The zero-order valence-corrected chi connectivity index (χ0v) is 13.2. The highest BCUT2D eigenvalue weighted by Crippen LogP contribution is 2.42. The minimum atomic E-state index is -0.617. The Bertz CT molecular complexity index is 632. The van der Waals surface area contributed by atoms with E-state index in [2.05, 4.69) is 27.0 Å². The second kappa shape index (κ2) is 5.84. The Balaban J connectivity index is 2.00. The summed E-state index contributed by atoms with van der Waals surface area (Å²) in [5.74, 6) is 0.0201. The fourth-order valence-electron chi connectivity index (χ4n) is 2.92. The number of aliphatic hydroxyl groups is 1. The number of aryl methyl sites for hydroxylation is 1. The minimum Gasteiger partial charge on any atom is -0.388 e. The third kappa shape index (κ3) is 2.50. The summed E-state index contributed by atoms with van der Waals surface area (Å²) in [6, 6.07) is 9.72. The van der Waals surface area contributed by atoms with Gasteiger partial charge in [0.1, 0.15) is 0 Å². The Labute approximate surface area is 131 Å². The van der Waals surface area contributed by atoms with Crippen LogP contribution < -0.4 is 0 Å². The number of rotatable bonds is 2. The van der Waals surface area contributed by atoms with Gasteiger partial charge in [0.15, 0.2) is 0 Å². The second-order valence-electron chi connectivity index (χ2n) is 5.13.